The molecule has 2 amide bonds. The molecular weight excluding hydrogens is 532 g/mol. The van der Waals surface area contributed by atoms with Gasteiger partial charge in [0.25, 0.3) is 0 Å². The number of rotatable bonds is 6. The zero-order valence-corrected chi connectivity index (χ0v) is 25.3. The number of piperidine rings is 2. The van der Waals surface area contributed by atoms with Crippen LogP contribution < -0.4 is 16.8 Å². The maximum atomic E-state index is 11.6. The summed E-state index contributed by atoms with van der Waals surface area (Å²) >= 11 is 0. The molecule has 6 nitrogen and oxygen atoms in total. The number of carbonyl (C=O) groups excluding carboxylic acids is 2. The summed E-state index contributed by atoms with van der Waals surface area (Å²) in [6.07, 6.45) is 12.3. The Bertz CT molecular complexity index is 1430. The van der Waals surface area contributed by atoms with Gasteiger partial charge in [-0.25, -0.2) is 0 Å². The minimum Gasteiger partial charge on any atom is -0.366 e. The van der Waals surface area contributed by atoms with Crippen molar-refractivity contribution in [1.82, 2.24) is 10.2 Å². The van der Waals surface area contributed by atoms with Crippen LogP contribution in [0, 0.1) is 0 Å². The Balaban J connectivity index is 0.000000162. The van der Waals surface area contributed by atoms with E-state index in [1.54, 1.807) is 0 Å². The highest BCUT2D eigenvalue weighted by Gasteiger charge is 2.44. The van der Waals surface area contributed by atoms with Crippen LogP contribution in [0.4, 0.5) is 0 Å². The Morgan fingerprint density at radius 2 is 1.37 bits per heavy atom. The molecule has 4 bridgehead atoms. The predicted octanol–water partition coefficient (Wildman–Crippen LogP) is 5.83. The van der Waals surface area contributed by atoms with Crippen LogP contribution in [0.5, 0.6) is 0 Å². The molecule has 3 aromatic rings. The second-order valence-corrected chi connectivity index (χ2v) is 13.4. The topological polar surface area (TPSA) is 101 Å². The van der Waals surface area contributed by atoms with E-state index in [-0.39, 0.29) is 22.6 Å². The average molecular weight is 579 g/mol. The maximum absolute atomic E-state index is 11.6. The van der Waals surface area contributed by atoms with Gasteiger partial charge in [0, 0.05) is 29.8 Å². The monoisotopic (exact) mass is 578 g/mol. The molecule has 0 aromatic heterocycles. The smallest absolute Gasteiger partial charge is 0.248 e. The van der Waals surface area contributed by atoms with E-state index in [1.807, 2.05) is 36.4 Å². The van der Waals surface area contributed by atoms with E-state index in [1.165, 1.54) is 80.9 Å². The molecular formula is C37H46N4O2. The Kier molecular flexibility index (Phi) is 8.69. The minimum atomic E-state index is -0.327. The number of hydrogen-bond donors (Lipinski definition) is 3. The fraction of sp³-hybridized carbons (Fsp3) is 0.459. The van der Waals surface area contributed by atoms with Crippen molar-refractivity contribution >= 4 is 11.8 Å². The molecule has 0 radical (unpaired) electrons. The molecule has 4 aliphatic rings. The molecule has 4 unspecified atom stereocenters. The summed E-state index contributed by atoms with van der Waals surface area (Å²) in [4.78, 5) is 25.6. The van der Waals surface area contributed by atoms with Gasteiger partial charge in [0.2, 0.25) is 11.8 Å². The van der Waals surface area contributed by atoms with Gasteiger partial charge in [-0.2, -0.15) is 0 Å². The first kappa shape index (κ1) is 29.6. The number of nitrogens with two attached hydrogens (primary N) is 2. The van der Waals surface area contributed by atoms with Crippen LogP contribution in [0.2, 0.25) is 0 Å². The first-order chi connectivity index (χ1) is 20.9. The number of carbonyl (C=O) groups is 2. The van der Waals surface area contributed by atoms with Gasteiger partial charge in [0.05, 0.1) is 0 Å². The molecule has 7 rings (SSSR count). The molecule has 2 aliphatic carbocycles. The lowest BCUT2D eigenvalue weighted by Gasteiger charge is -2.51. The summed E-state index contributed by atoms with van der Waals surface area (Å²) < 4.78 is 0. The van der Waals surface area contributed by atoms with Crippen molar-refractivity contribution in [2.75, 3.05) is 13.1 Å². The second-order valence-electron chi connectivity index (χ2n) is 13.4. The average Bonchev–Trinajstić information content (AvgIpc) is 3.04. The highest BCUT2D eigenvalue weighted by molar-refractivity contribution is 5.93. The lowest BCUT2D eigenvalue weighted by molar-refractivity contribution is 0.0458. The van der Waals surface area contributed by atoms with Crippen molar-refractivity contribution in [2.45, 2.75) is 93.7 Å². The molecule has 2 saturated carbocycles. The van der Waals surface area contributed by atoms with Gasteiger partial charge in [-0.3, -0.25) is 14.5 Å². The number of benzene rings is 3. The number of fused-ring (bicyclic) bond motifs is 4. The second kappa shape index (κ2) is 12.6. The summed E-state index contributed by atoms with van der Waals surface area (Å²) in [5.41, 5.74) is 16.7. The molecule has 2 aliphatic heterocycles. The first-order valence-corrected chi connectivity index (χ1v) is 16.2. The van der Waals surface area contributed by atoms with E-state index in [4.69, 9.17) is 11.5 Å². The van der Waals surface area contributed by atoms with Crippen molar-refractivity contribution < 1.29 is 9.59 Å². The number of amides is 2. The number of hydrogen-bond acceptors (Lipinski definition) is 4. The van der Waals surface area contributed by atoms with Gasteiger partial charge >= 0.3 is 0 Å². The fourth-order valence-corrected chi connectivity index (χ4v) is 8.53. The molecule has 2 saturated heterocycles. The van der Waals surface area contributed by atoms with Gasteiger partial charge in [-0.15, -0.1) is 0 Å². The van der Waals surface area contributed by atoms with E-state index >= 15 is 0 Å². The van der Waals surface area contributed by atoms with E-state index in [2.05, 4.69) is 52.7 Å². The van der Waals surface area contributed by atoms with Gasteiger partial charge < -0.3 is 16.8 Å². The zero-order valence-electron chi connectivity index (χ0n) is 25.3. The molecule has 226 valence electrons. The summed E-state index contributed by atoms with van der Waals surface area (Å²) in [6, 6.07) is 28.1. The lowest BCUT2D eigenvalue weighted by Crippen LogP contribution is -2.51. The van der Waals surface area contributed by atoms with Crippen molar-refractivity contribution in [3.63, 3.8) is 0 Å². The molecule has 2 heterocycles. The number of nitrogens with one attached hydrogen (secondary N) is 1. The largest absolute Gasteiger partial charge is 0.366 e. The Morgan fingerprint density at radius 1 is 0.744 bits per heavy atom. The molecule has 6 heteroatoms. The van der Waals surface area contributed by atoms with Gasteiger partial charge in [0.1, 0.15) is 0 Å². The van der Waals surface area contributed by atoms with Crippen molar-refractivity contribution in [3.05, 3.63) is 107 Å². The highest BCUT2D eigenvalue weighted by atomic mass is 16.1. The van der Waals surface area contributed by atoms with Crippen LogP contribution in [0.25, 0.3) is 0 Å². The fourth-order valence-electron chi connectivity index (χ4n) is 8.53. The van der Waals surface area contributed by atoms with Gasteiger partial charge in [-0.05, 0) is 116 Å². The minimum absolute atomic E-state index is 0.224. The van der Waals surface area contributed by atoms with E-state index in [9.17, 15) is 9.59 Å². The SMILES string of the molecule is NC(=O)c1cccc(C23CCCC(C2)N(Cc2ccccc2)CC3)c1.NC(=O)c1cccc(C23CCCC(C2)NCC3)c1. The third kappa shape index (κ3) is 6.41. The highest BCUT2D eigenvalue weighted by Crippen LogP contribution is 2.47. The molecule has 4 fully saturated rings. The summed E-state index contributed by atoms with van der Waals surface area (Å²) in [7, 11) is 0. The van der Waals surface area contributed by atoms with Gasteiger partial charge in [-0.1, -0.05) is 67.4 Å². The molecule has 43 heavy (non-hydrogen) atoms. The summed E-state index contributed by atoms with van der Waals surface area (Å²) in [6.45, 7) is 3.26. The van der Waals surface area contributed by atoms with Crippen molar-refractivity contribution in [3.8, 4) is 0 Å². The number of nitrogens with zero attached hydrogens (tertiary/aromatic N) is 1. The summed E-state index contributed by atoms with van der Waals surface area (Å²) in [5.74, 6) is -0.651. The Labute approximate surface area is 256 Å². The Morgan fingerprint density at radius 3 is 2.02 bits per heavy atom. The number of likely N-dealkylation sites (tertiary alicyclic amines) is 1. The third-order valence-corrected chi connectivity index (χ3v) is 10.8. The van der Waals surface area contributed by atoms with Crippen molar-refractivity contribution in [2.24, 2.45) is 11.5 Å². The standard InChI is InChI=1S/C22H26N2O.C15H20N2O/c23-21(25)18-8-4-9-19(14-18)22-11-5-10-20(15-22)24(13-12-22)16-17-6-2-1-3-7-17;16-14(18)11-3-1-4-12(9-11)15-6-2-5-13(10-15)17-8-7-15/h1-4,6-9,14,20H,5,10-13,15-16H2,(H2,23,25);1,3-4,9,13,17H,2,5-8,10H2,(H2,16,18). The predicted molar refractivity (Wildman–Crippen MR) is 172 cm³/mol. The molecule has 4 atom stereocenters. The quantitative estimate of drug-likeness (QED) is 0.343. The summed E-state index contributed by atoms with van der Waals surface area (Å²) in [5, 5.41) is 3.59. The van der Waals surface area contributed by atoms with Crippen LogP contribution in [0.15, 0.2) is 78.9 Å². The van der Waals surface area contributed by atoms with E-state index in [0.29, 0.717) is 23.2 Å². The number of primary amides is 2. The Hall–Kier alpha value is -3.48. The molecule has 0 spiro atoms. The van der Waals surface area contributed by atoms with Crippen LogP contribution >= 0.6 is 0 Å². The maximum Gasteiger partial charge on any atom is 0.248 e. The molecule has 3 aromatic carbocycles. The van der Waals surface area contributed by atoms with Gasteiger partial charge in [0.15, 0.2) is 0 Å². The first-order valence-electron chi connectivity index (χ1n) is 16.2. The lowest BCUT2D eigenvalue weighted by atomic mass is 9.63. The molecule has 5 N–H and O–H groups in total. The van der Waals surface area contributed by atoms with E-state index in [0.717, 1.165) is 19.6 Å². The van der Waals surface area contributed by atoms with Crippen LogP contribution in [0.1, 0.15) is 102 Å². The third-order valence-electron chi connectivity index (χ3n) is 10.8. The van der Waals surface area contributed by atoms with Crippen LogP contribution in [-0.2, 0) is 17.4 Å². The zero-order chi connectivity index (χ0) is 29.9. The van der Waals surface area contributed by atoms with Crippen LogP contribution in [-0.4, -0.2) is 41.9 Å². The van der Waals surface area contributed by atoms with E-state index < -0.39 is 0 Å². The normalized spacial score (nSPS) is 28.3. The van der Waals surface area contributed by atoms with Crippen LogP contribution in [0.3, 0.4) is 0 Å². The van der Waals surface area contributed by atoms with Crippen molar-refractivity contribution in [1.29, 1.82) is 0 Å².